The van der Waals surface area contributed by atoms with E-state index in [1.54, 1.807) is 0 Å². The number of likely N-dealkylation sites (N-methyl/N-ethyl adjacent to an activating group) is 1. The van der Waals surface area contributed by atoms with Crippen LogP contribution in [0.4, 0.5) is 0 Å². The number of ether oxygens (including phenoxy) is 4. The van der Waals surface area contributed by atoms with Gasteiger partial charge in [0.25, 0.3) is 6.29 Å². The number of esters is 2. The summed E-state index contributed by atoms with van der Waals surface area (Å²) in [6, 6.07) is 0. The minimum atomic E-state index is -1.53. The molecule has 0 bridgehead atoms. The van der Waals surface area contributed by atoms with Gasteiger partial charge in [-0.2, -0.15) is 0 Å². The molecule has 9 heteroatoms. The normalized spacial score (nSPS) is 13.7. The minimum Gasteiger partial charge on any atom is -0.477 e. The Balaban J connectivity index is 4.33. The second kappa shape index (κ2) is 61.2. The highest BCUT2D eigenvalue weighted by Crippen LogP contribution is 2.14. The van der Waals surface area contributed by atoms with Crippen LogP contribution < -0.4 is 0 Å². The first-order valence-corrected chi connectivity index (χ1v) is 32.0. The maximum absolute atomic E-state index is 12.9. The average Bonchev–Trinajstić information content (AvgIpc) is 3.44. The smallest absolute Gasteiger partial charge is 0.361 e. The second-order valence-corrected chi connectivity index (χ2v) is 22.0. The molecule has 0 radical (unpaired) electrons. The molecule has 0 rings (SSSR count). The number of quaternary nitrogens is 1. The van der Waals surface area contributed by atoms with E-state index in [-0.39, 0.29) is 38.6 Å². The Hall–Kier alpha value is -4.83. The molecule has 1 N–H and O–H groups in total. The zero-order valence-corrected chi connectivity index (χ0v) is 52.1. The lowest BCUT2D eigenvalue weighted by molar-refractivity contribution is -0.870. The van der Waals surface area contributed by atoms with E-state index in [2.05, 4.69) is 160 Å². The molecule has 0 spiro atoms. The molecule has 81 heavy (non-hydrogen) atoms. The predicted octanol–water partition coefficient (Wildman–Crippen LogP) is 19.6. The number of carboxylic acids is 1. The fraction of sp³-hybridized carbons (Fsp3) is 0.625. The van der Waals surface area contributed by atoms with Gasteiger partial charge in [-0.25, -0.2) is 4.79 Å². The summed E-state index contributed by atoms with van der Waals surface area (Å²) in [5.74, 6) is -2.07. The third-order valence-electron chi connectivity index (χ3n) is 13.1. The van der Waals surface area contributed by atoms with Crippen molar-refractivity contribution in [2.75, 3.05) is 47.5 Å². The number of rotatable bonds is 57. The number of nitrogens with zero attached hydrogens (tertiary/aromatic N) is 1. The lowest BCUT2D eigenvalue weighted by Crippen LogP contribution is -2.40. The number of allylic oxidation sites excluding steroid dienone is 24. The Kier molecular flexibility index (Phi) is 57.6. The van der Waals surface area contributed by atoms with Gasteiger partial charge in [-0.05, 0) is 122 Å². The summed E-state index contributed by atoms with van der Waals surface area (Å²) in [5, 5.41) is 9.73. The summed E-state index contributed by atoms with van der Waals surface area (Å²) < 4.78 is 22.9. The number of carboxylic acid groups (broad SMARTS) is 1. The molecular weight excluding hydrogens is 1010 g/mol. The molecule has 0 heterocycles. The van der Waals surface area contributed by atoms with Crippen molar-refractivity contribution >= 4 is 17.9 Å². The van der Waals surface area contributed by atoms with Crippen LogP contribution in [0.15, 0.2) is 146 Å². The Morgan fingerprint density at radius 2 is 0.704 bits per heavy atom. The number of carbonyl (C=O) groups is 3. The van der Waals surface area contributed by atoms with Crippen LogP contribution in [0.1, 0.15) is 232 Å². The third-order valence-corrected chi connectivity index (χ3v) is 13.1. The third kappa shape index (κ3) is 62.6. The van der Waals surface area contributed by atoms with Crippen LogP contribution in [0.5, 0.6) is 0 Å². The van der Waals surface area contributed by atoms with Crippen LogP contribution in [-0.4, -0.2) is 87.4 Å². The molecule has 0 aliphatic heterocycles. The zero-order valence-electron chi connectivity index (χ0n) is 52.1. The lowest BCUT2D eigenvalue weighted by Gasteiger charge is -2.25. The summed E-state index contributed by atoms with van der Waals surface area (Å²) >= 11 is 0. The van der Waals surface area contributed by atoms with E-state index in [0.717, 1.165) is 122 Å². The number of hydrogen-bond acceptors (Lipinski definition) is 7. The quantitative estimate of drug-likeness (QED) is 0.0211. The van der Waals surface area contributed by atoms with E-state index in [1.807, 2.05) is 21.1 Å². The summed E-state index contributed by atoms with van der Waals surface area (Å²) in [6.45, 7) is 4.69. The molecule has 0 amide bonds. The Labute approximate surface area is 496 Å². The molecule has 9 nitrogen and oxygen atoms in total. The van der Waals surface area contributed by atoms with Crippen molar-refractivity contribution in [3.8, 4) is 0 Å². The van der Waals surface area contributed by atoms with Gasteiger partial charge in [0.2, 0.25) is 0 Å². The number of carbonyl (C=O) groups excluding carboxylic acids is 2. The standard InChI is InChI=1S/C72H117NO8/c1-6-8-10-12-14-16-18-20-22-24-26-28-30-32-33-34-35-36-37-39-41-43-45-47-49-51-53-55-57-59-61-63-70(75)81-68(67-80-72(71(76)77)78-65-64-73(3,4)5)66-79-69(74)62-60-58-56-54-52-50-48-46-44-42-40-38-31-29-27-25-23-21-19-17-15-13-11-9-7-2/h8,10,14,16,19-22,25-28,31-33,35-36,38-39,41,45,47,51,53,68,72H,6-7,9,11-13,15,17-18,23-24,29-30,34,37,40,42-44,46,48-50,52,54-67H2,1-5H3/p+1/b10-8-,16-14-,21-19-,22-20-,27-25-,28-26-,33-32-,36-35-,38-31-,41-39-,47-45-,53-51-. The largest absolute Gasteiger partial charge is 0.477 e. The van der Waals surface area contributed by atoms with Crippen LogP contribution in [0.25, 0.3) is 0 Å². The molecular formula is C72H118NO8+. The highest BCUT2D eigenvalue weighted by molar-refractivity contribution is 5.71. The Morgan fingerprint density at radius 1 is 0.383 bits per heavy atom. The van der Waals surface area contributed by atoms with Crippen LogP contribution in [0, 0.1) is 0 Å². The monoisotopic (exact) mass is 1120 g/mol. The van der Waals surface area contributed by atoms with E-state index >= 15 is 0 Å². The van der Waals surface area contributed by atoms with Gasteiger partial charge in [0.15, 0.2) is 6.10 Å². The average molecular weight is 1130 g/mol. The molecule has 0 saturated carbocycles. The van der Waals surface area contributed by atoms with Gasteiger partial charge in [-0.1, -0.05) is 243 Å². The number of aliphatic carboxylic acids is 1. The van der Waals surface area contributed by atoms with Gasteiger partial charge in [-0.3, -0.25) is 9.59 Å². The van der Waals surface area contributed by atoms with Gasteiger partial charge in [-0.15, -0.1) is 0 Å². The van der Waals surface area contributed by atoms with E-state index in [9.17, 15) is 19.5 Å². The Bertz CT molecular complexity index is 1840. The first kappa shape index (κ1) is 76.2. The van der Waals surface area contributed by atoms with Crippen molar-refractivity contribution in [2.24, 2.45) is 0 Å². The van der Waals surface area contributed by atoms with Gasteiger partial charge in [0, 0.05) is 12.8 Å². The van der Waals surface area contributed by atoms with Gasteiger partial charge < -0.3 is 28.5 Å². The molecule has 0 fully saturated rings. The van der Waals surface area contributed by atoms with Crippen LogP contribution in [0.2, 0.25) is 0 Å². The fourth-order valence-corrected chi connectivity index (χ4v) is 8.19. The van der Waals surface area contributed by atoms with E-state index in [0.29, 0.717) is 17.4 Å². The van der Waals surface area contributed by atoms with E-state index < -0.39 is 24.3 Å². The molecule has 0 aliphatic rings. The van der Waals surface area contributed by atoms with Gasteiger partial charge in [0.1, 0.15) is 13.2 Å². The molecule has 2 unspecified atom stereocenters. The first-order chi connectivity index (χ1) is 39.6. The van der Waals surface area contributed by atoms with Gasteiger partial charge >= 0.3 is 17.9 Å². The van der Waals surface area contributed by atoms with E-state index in [1.165, 1.54) is 77.0 Å². The van der Waals surface area contributed by atoms with Crippen molar-refractivity contribution in [3.63, 3.8) is 0 Å². The summed E-state index contributed by atoms with van der Waals surface area (Å²) in [5.41, 5.74) is 0. The second-order valence-electron chi connectivity index (χ2n) is 22.0. The molecule has 0 aromatic rings. The molecule has 0 aromatic heterocycles. The molecule has 0 saturated heterocycles. The van der Waals surface area contributed by atoms with E-state index in [4.69, 9.17) is 18.9 Å². The maximum atomic E-state index is 12.9. The highest BCUT2D eigenvalue weighted by atomic mass is 16.7. The van der Waals surface area contributed by atoms with Crippen molar-refractivity contribution in [3.05, 3.63) is 146 Å². The molecule has 0 aliphatic carbocycles. The molecule has 2 atom stereocenters. The minimum absolute atomic E-state index is 0.172. The maximum Gasteiger partial charge on any atom is 0.361 e. The first-order valence-electron chi connectivity index (χ1n) is 32.0. The van der Waals surface area contributed by atoms with Crippen molar-refractivity contribution in [2.45, 2.75) is 245 Å². The Morgan fingerprint density at radius 3 is 1.06 bits per heavy atom. The van der Waals surface area contributed by atoms with Crippen LogP contribution >= 0.6 is 0 Å². The molecule has 0 aromatic carbocycles. The predicted molar refractivity (Wildman–Crippen MR) is 345 cm³/mol. The lowest BCUT2D eigenvalue weighted by atomic mass is 10.1. The number of unbranched alkanes of at least 4 members (excludes halogenated alkanes) is 18. The zero-order chi connectivity index (χ0) is 59.1. The number of hydrogen-bond donors (Lipinski definition) is 1. The van der Waals surface area contributed by atoms with Crippen LogP contribution in [-0.2, 0) is 33.3 Å². The summed E-state index contributed by atoms with van der Waals surface area (Å²) in [4.78, 5) is 37.5. The van der Waals surface area contributed by atoms with Crippen molar-refractivity contribution in [1.29, 1.82) is 0 Å². The van der Waals surface area contributed by atoms with Gasteiger partial charge in [0.05, 0.1) is 34.4 Å². The summed E-state index contributed by atoms with van der Waals surface area (Å²) in [6.07, 6.45) is 86.5. The van der Waals surface area contributed by atoms with Crippen molar-refractivity contribution in [1.82, 2.24) is 0 Å². The topological polar surface area (TPSA) is 108 Å². The van der Waals surface area contributed by atoms with Crippen molar-refractivity contribution < 1.29 is 42.9 Å². The molecule has 458 valence electrons. The SMILES string of the molecule is CC/C=C\C/C=C\C/C=C\C/C=C\C/C=C\C/C=C\C/C=C\C/C=C\C/C=C\CCCCCC(=O)OC(COC(=O)CCCCCCCCCCCC/C=C\C/C=C\C/C=C\CCCCCCC)COC(OCC[N+](C)(C)C)C(=O)O. The summed E-state index contributed by atoms with van der Waals surface area (Å²) in [7, 11) is 5.95. The van der Waals surface area contributed by atoms with Crippen LogP contribution in [0.3, 0.4) is 0 Å². The highest BCUT2D eigenvalue weighted by Gasteiger charge is 2.25. The fourth-order valence-electron chi connectivity index (χ4n) is 8.19.